The van der Waals surface area contributed by atoms with Gasteiger partial charge in [0.1, 0.15) is 6.04 Å². The molecule has 0 aliphatic heterocycles. The van der Waals surface area contributed by atoms with Gasteiger partial charge in [0, 0.05) is 5.88 Å². The average molecular weight is 226 g/mol. The first-order chi connectivity index (χ1) is 6.47. The van der Waals surface area contributed by atoms with Gasteiger partial charge in [-0.15, -0.1) is 11.6 Å². The van der Waals surface area contributed by atoms with Crippen LogP contribution in [-0.2, 0) is 4.79 Å². The maximum atomic E-state index is 9.86. The first-order valence-corrected chi connectivity index (χ1v) is 5.23. The molecule has 0 heterocycles. The standard InChI is InChI=1S/C5H11Cl.C4H9NO3/c1-2-3-4-5-6;1-2(6)3(5)4(7)8/h2-5H2,1H3;2-3,6H,5H2,1H3,(H,7,8). The maximum absolute atomic E-state index is 9.86. The molecule has 0 amide bonds. The fourth-order valence-corrected chi connectivity index (χ4v) is 0.740. The topological polar surface area (TPSA) is 83.5 Å². The summed E-state index contributed by atoms with van der Waals surface area (Å²) in [5, 5.41) is 16.6. The monoisotopic (exact) mass is 225 g/mol. The largest absolute Gasteiger partial charge is 0.480 e. The minimum atomic E-state index is -1.18. The Hall–Kier alpha value is -0.320. The van der Waals surface area contributed by atoms with Crippen molar-refractivity contribution in [1.29, 1.82) is 0 Å². The van der Waals surface area contributed by atoms with Crippen molar-refractivity contribution in [1.82, 2.24) is 0 Å². The fourth-order valence-electron chi connectivity index (χ4n) is 0.551. The predicted octanol–water partition coefficient (Wildman–Crippen LogP) is 1.19. The third-order valence-electron chi connectivity index (χ3n) is 1.54. The van der Waals surface area contributed by atoms with Crippen LogP contribution in [0.5, 0.6) is 0 Å². The number of hydrogen-bond acceptors (Lipinski definition) is 3. The summed E-state index contributed by atoms with van der Waals surface area (Å²) in [6.45, 7) is 3.51. The SMILES string of the molecule is CC(O)C(N)C(=O)O.CCCCCCl. The van der Waals surface area contributed by atoms with Gasteiger partial charge in [-0.3, -0.25) is 4.79 Å². The Kier molecular flexibility index (Phi) is 12.4. The number of aliphatic carboxylic acids is 1. The number of halogens is 1. The Morgan fingerprint density at radius 2 is 2.00 bits per heavy atom. The van der Waals surface area contributed by atoms with Gasteiger partial charge in [0.05, 0.1) is 6.10 Å². The molecule has 0 spiro atoms. The van der Waals surface area contributed by atoms with E-state index in [2.05, 4.69) is 6.92 Å². The summed E-state index contributed by atoms with van der Waals surface area (Å²) in [5.41, 5.74) is 4.91. The van der Waals surface area contributed by atoms with Crippen molar-refractivity contribution < 1.29 is 15.0 Å². The highest BCUT2D eigenvalue weighted by molar-refractivity contribution is 6.17. The van der Waals surface area contributed by atoms with Gasteiger partial charge in [-0.25, -0.2) is 0 Å². The molecule has 5 heteroatoms. The third-order valence-corrected chi connectivity index (χ3v) is 1.81. The van der Waals surface area contributed by atoms with Crippen LogP contribution in [0.4, 0.5) is 0 Å². The van der Waals surface area contributed by atoms with Crippen LogP contribution in [-0.4, -0.2) is 34.2 Å². The number of carboxylic acid groups (broad SMARTS) is 1. The van der Waals surface area contributed by atoms with Crippen molar-refractivity contribution in [3.8, 4) is 0 Å². The molecule has 2 unspecified atom stereocenters. The minimum Gasteiger partial charge on any atom is -0.480 e. The van der Waals surface area contributed by atoms with Crippen molar-refractivity contribution in [3.05, 3.63) is 0 Å². The maximum Gasteiger partial charge on any atom is 0.323 e. The summed E-state index contributed by atoms with van der Waals surface area (Å²) >= 11 is 5.38. The zero-order valence-corrected chi connectivity index (χ0v) is 9.50. The van der Waals surface area contributed by atoms with E-state index in [0.717, 1.165) is 5.88 Å². The number of carbonyl (C=O) groups is 1. The summed E-state index contributed by atoms with van der Waals surface area (Å²) < 4.78 is 0. The number of alkyl halides is 1. The molecule has 0 radical (unpaired) electrons. The highest BCUT2D eigenvalue weighted by atomic mass is 35.5. The molecule has 0 bridgehead atoms. The van der Waals surface area contributed by atoms with Gasteiger partial charge in [-0.1, -0.05) is 19.8 Å². The van der Waals surface area contributed by atoms with Crippen molar-refractivity contribution in [2.24, 2.45) is 5.73 Å². The highest BCUT2D eigenvalue weighted by Gasteiger charge is 2.16. The summed E-state index contributed by atoms with van der Waals surface area (Å²) in [5.74, 6) is -0.353. The Bertz CT molecular complexity index is 138. The minimum absolute atomic E-state index is 0.827. The van der Waals surface area contributed by atoms with E-state index in [1.807, 2.05) is 0 Å². The van der Waals surface area contributed by atoms with Gasteiger partial charge in [0.15, 0.2) is 0 Å². The molecular formula is C9H20ClNO3. The Morgan fingerprint density at radius 3 is 2.07 bits per heavy atom. The Morgan fingerprint density at radius 1 is 1.50 bits per heavy atom. The summed E-state index contributed by atoms with van der Waals surface area (Å²) in [6.07, 6.45) is 2.75. The lowest BCUT2D eigenvalue weighted by atomic mass is 10.2. The number of hydrogen-bond donors (Lipinski definition) is 3. The number of nitrogens with two attached hydrogens (primary N) is 1. The molecule has 14 heavy (non-hydrogen) atoms. The van der Waals surface area contributed by atoms with Gasteiger partial charge >= 0.3 is 5.97 Å². The average Bonchev–Trinajstić information content (AvgIpc) is 2.14. The third kappa shape index (κ3) is 11.7. The van der Waals surface area contributed by atoms with Crippen molar-refractivity contribution in [2.75, 3.05) is 5.88 Å². The van der Waals surface area contributed by atoms with Crippen LogP contribution >= 0.6 is 11.6 Å². The Balaban J connectivity index is 0. The lowest BCUT2D eigenvalue weighted by Gasteiger charge is -2.06. The zero-order valence-electron chi connectivity index (χ0n) is 8.74. The molecular weight excluding hydrogens is 206 g/mol. The van der Waals surface area contributed by atoms with Gasteiger partial charge in [0.2, 0.25) is 0 Å². The van der Waals surface area contributed by atoms with Crippen molar-refractivity contribution in [3.63, 3.8) is 0 Å². The number of rotatable bonds is 5. The van der Waals surface area contributed by atoms with E-state index in [4.69, 9.17) is 27.5 Å². The molecule has 0 aromatic rings. The molecule has 0 aliphatic carbocycles. The van der Waals surface area contributed by atoms with Crippen LogP contribution in [0.15, 0.2) is 0 Å². The van der Waals surface area contributed by atoms with E-state index < -0.39 is 18.1 Å². The van der Waals surface area contributed by atoms with Crippen LogP contribution in [0, 0.1) is 0 Å². The van der Waals surface area contributed by atoms with E-state index >= 15 is 0 Å². The molecule has 0 aromatic carbocycles. The zero-order chi connectivity index (χ0) is 11.6. The second-order valence-electron chi connectivity index (χ2n) is 3.00. The van der Waals surface area contributed by atoms with E-state index in [9.17, 15) is 4.79 Å². The Labute approximate surface area is 90.1 Å². The molecule has 0 aromatic heterocycles. The first kappa shape index (κ1) is 16.1. The van der Waals surface area contributed by atoms with Crippen LogP contribution in [0.1, 0.15) is 33.1 Å². The summed E-state index contributed by atoms with van der Waals surface area (Å²) in [6, 6.07) is -1.16. The highest BCUT2D eigenvalue weighted by Crippen LogP contribution is 1.93. The molecule has 86 valence electrons. The smallest absolute Gasteiger partial charge is 0.323 e. The van der Waals surface area contributed by atoms with E-state index in [0.29, 0.717) is 0 Å². The quantitative estimate of drug-likeness (QED) is 0.485. The van der Waals surface area contributed by atoms with E-state index in [-0.39, 0.29) is 0 Å². The van der Waals surface area contributed by atoms with Gasteiger partial charge in [-0.2, -0.15) is 0 Å². The summed E-state index contributed by atoms with van der Waals surface area (Å²) in [4.78, 5) is 9.86. The molecule has 0 rings (SSSR count). The lowest BCUT2D eigenvalue weighted by molar-refractivity contribution is -0.140. The number of carboxylic acids is 1. The molecule has 2 atom stereocenters. The van der Waals surface area contributed by atoms with Crippen molar-refractivity contribution in [2.45, 2.75) is 45.3 Å². The molecule has 0 saturated carbocycles. The molecule has 4 N–H and O–H groups in total. The van der Waals surface area contributed by atoms with E-state index in [1.165, 1.54) is 26.2 Å². The molecule has 0 saturated heterocycles. The number of aliphatic hydroxyl groups is 1. The van der Waals surface area contributed by atoms with Crippen LogP contribution in [0.25, 0.3) is 0 Å². The molecule has 0 aliphatic rings. The molecule has 4 nitrogen and oxygen atoms in total. The van der Waals surface area contributed by atoms with Crippen LogP contribution < -0.4 is 5.73 Å². The number of aliphatic hydroxyl groups excluding tert-OH is 1. The lowest BCUT2D eigenvalue weighted by Crippen LogP contribution is -2.39. The molecule has 0 fully saturated rings. The predicted molar refractivity (Wildman–Crippen MR) is 57.5 cm³/mol. The van der Waals surface area contributed by atoms with Crippen LogP contribution in [0.2, 0.25) is 0 Å². The number of unbranched alkanes of at least 4 members (excludes halogenated alkanes) is 2. The van der Waals surface area contributed by atoms with Crippen LogP contribution in [0.3, 0.4) is 0 Å². The van der Waals surface area contributed by atoms with Crippen molar-refractivity contribution >= 4 is 17.6 Å². The first-order valence-electron chi connectivity index (χ1n) is 4.69. The van der Waals surface area contributed by atoms with Gasteiger partial charge < -0.3 is 15.9 Å². The van der Waals surface area contributed by atoms with E-state index in [1.54, 1.807) is 0 Å². The summed E-state index contributed by atoms with van der Waals surface area (Å²) in [7, 11) is 0. The fraction of sp³-hybridized carbons (Fsp3) is 0.889. The van der Waals surface area contributed by atoms with Gasteiger partial charge in [-0.05, 0) is 13.3 Å². The normalized spacial score (nSPS) is 13.8. The second-order valence-corrected chi connectivity index (χ2v) is 3.38. The second kappa shape index (κ2) is 10.8. The van der Waals surface area contributed by atoms with Gasteiger partial charge in [0.25, 0.3) is 0 Å².